The van der Waals surface area contributed by atoms with Gasteiger partial charge >= 0.3 is 0 Å². The number of anilines is 1. The Kier molecular flexibility index (Phi) is 7.48. The highest BCUT2D eigenvalue weighted by Gasteiger charge is 2.32. The maximum atomic E-state index is 13.8. The normalized spacial score (nSPS) is 20.9. The van der Waals surface area contributed by atoms with E-state index < -0.39 is 0 Å². The van der Waals surface area contributed by atoms with E-state index in [1.807, 2.05) is 18.2 Å². The molecule has 166 valence electrons. The number of piperidine rings is 1. The summed E-state index contributed by atoms with van der Waals surface area (Å²) in [5.41, 5.74) is 1.17. The van der Waals surface area contributed by atoms with Gasteiger partial charge in [-0.25, -0.2) is 4.98 Å². The van der Waals surface area contributed by atoms with Gasteiger partial charge in [-0.1, -0.05) is 30.3 Å². The predicted molar refractivity (Wildman–Crippen MR) is 121 cm³/mol. The third kappa shape index (κ3) is 5.80. The molecular weight excluding hydrogens is 390 g/mol. The first-order chi connectivity index (χ1) is 15.2. The summed E-state index contributed by atoms with van der Waals surface area (Å²) in [6.45, 7) is 8.74. The number of hydrogen-bond donors (Lipinski definition) is 0. The molecule has 0 saturated carbocycles. The lowest BCUT2D eigenvalue weighted by Gasteiger charge is -2.39. The lowest BCUT2D eigenvalue weighted by molar-refractivity contribution is -0.139. The molecule has 0 aliphatic carbocycles. The van der Waals surface area contributed by atoms with E-state index in [0.717, 1.165) is 58.1 Å². The van der Waals surface area contributed by atoms with E-state index in [4.69, 9.17) is 4.74 Å². The molecule has 7 heteroatoms. The van der Waals surface area contributed by atoms with Gasteiger partial charge in [0, 0.05) is 57.7 Å². The van der Waals surface area contributed by atoms with Crippen molar-refractivity contribution in [3.8, 4) is 0 Å². The first-order valence-electron chi connectivity index (χ1n) is 11.4. The summed E-state index contributed by atoms with van der Waals surface area (Å²) in [5.74, 6) is 1.08. The van der Waals surface area contributed by atoms with Crippen molar-refractivity contribution in [1.29, 1.82) is 0 Å². The van der Waals surface area contributed by atoms with Crippen molar-refractivity contribution >= 4 is 11.7 Å². The largest absolute Gasteiger partial charge is 0.379 e. The Bertz CT molecular complexity index is 813. The Morgan fingerprint density at radius 3 is 2.74 bits per heavy atom. The number of carbonyl (C=O) groups is 1. The number of nitrogens with zero attached hydrogens (tertiary/aromatic N) is 5. The van der Waals surface area contributed by atoms with Crippen LogP contribution in [0.1, 0.15) is 25.3 Å². The van der Waals surface area contributed by atoms with Crippen LogP contribution < -0.4 is 4.90 Å². The van der Waals surface area contributed by atoms with E-state index in [1.54, 1.807) is 18.6 Å². The number of amides is 1. The molecule has 1 amide bonds. The number of rotatable bonds is 7. The predicted octanol–water partition coefficient (Wildman–Crippen LogP) is 2.44. The number of ether oxygens (including phenoxy) is 1. The van der Waals surface area contributed by atoms with Crippen LogP contribution in [0.4, 0.5) is 5.82 Å². The summed E-state index contributed by atoms with van der Waals surface area (Å²) in [5, 5.41) is 0. The Hall–Kier alpha value is -2.51. The molecule has 4 rings (SSSR count). The Morgan fingerprint density at radius 2 is 2.00 bits per heavy atom. The second-order valence-corrected chi connectivity index (χ2v) is 8.56. The summed E-state index contributed by atoms with van der Waals surface area (Å²) >= 11 is 0. The average molecular weight is 424 g/mol. The molecule has 0 N–H and O–H groups in total. The lowest BCUT2D eigenvalue weighted by atomic mass is 9.95. The molecule has 2 fully saturated rings. The summed E-state index contributed by atoms with van der Waals surface area (Å²) in [6.07, 6.45) is 7.10. The molecule has 2 saturated heterocycles. The lowest BCUT2D eigenvalue weighted by Crippen LogP contribution is -2.51. The van der Waals surface area contributed by atoms with Gasteiger partial charge in [0.1, 0.15) is 5.82 Å². The van der Waals surface area contributed by atoms with Crippen molar-refractivity contribution in [3.05, 3.63) is 54.5 Å². The molecule has 0 radical (unpaired) electrons. The van der Waals surface area contributed by atoms with Crippen molar-refractivity contribution in [1.82, 2.24) is 19.8 Å². The topological polar surface area (TPSA) is 61.8 Å². The van der Waals surface area contributed by atoms with Gasteiger partial charge in [0.2, 0.25) is 5.91 Å². The Balaban J connectivity index is 1.48. The minimum Gasteiger partial charge on any atom is -0.379 e. The second kappa shape index (κ2) is 10.7. The highest BCUT2D eigenvalue weighted by atomic mass is 16.5. The quantitative estimate of drug-likeness (QED) is 0.682. The third-order valence-electron chi connectivity index (χ3n) is 6.28. The van der Waals surface area contributed by atoms with Crippen molar-refractivity contribution in [2.45, 2.75) is 32.4 Å². The number of carbonyl (C=O) groups excluding carboxylic acids is 1. The average Bonchev–Trinajstić information content (AvgIpc) is 2.84. The fourth-order valence-corrected chi connectivity index (χ4v) is 4.56. The van der Waals surface area contributed by atoms with E-state index in [2.05, 4.69) is 43.7 Å². The summed E-state index contributed by atoms with van der Waals surface area (Å²) in [6, 6.07) is 10.5. The zero-order valence-electron chi connectivity index (χ0n) is 18.4. The smallest absolute Gasteiger partial charge is 0.228 e. The van der Waals surface area contributed by atoms with Gasteiger partial charge in [0.25, 0.3) is 0 Å². The van der Waals surface area contributed by atoms with Crippen LogP contribution in [-0.2, 0) is 16.1 Å². The first-order valence-corrected chi connectivity index (χ1v) is 11.4. The van der Waals surface area contributed by atoms with Crippen molar-refractivity contribution in [3.63, 3.8) is 0 Å². The maximum absolute atomic E-state index is 13.8. The standard InChI is InChI=1S/C24H33N5O2/c1-20(17-27-12-14-31-15-13-27)29(18-21-6-3-2-4-7-21)24(30)22-8-5-11-28(19-22)23-16-25-9-10-26-23/h2-4,6-7,9-10,16,20,22H,5,8,11-15,17-19H2,1H3. The van der Waals surface area contributed by atoms with E-state index in [1.165, 1.54) is 5.56 Å². The van der Waals surface area contributed by atoms with E-state index in [9.17, 15) is 4.79 Å². The second-order valence-electron chi connectivity index (χ2n) is 8.56. The van der Waals surface area contributed by atoms with Crippen LogP contribution in [0, 0.1) is 5.92 Å². The molecule has 2 aliphatic rings. The fourth-order valence-electron chi connectivity index (χ4n) is 4.56. The SMILES string of the molecule is CC(CN1CCOCC1)N(Cc1ccccc1)C(=O)C1CCCN(c2cnccn2)C1. The number of morpholine rings is 1. The molecule has 2 aromatic rings. The number of aromatic nitrogens is 2. The minimum atomic E-state index is -0.0217. The monoisotopic (exact) mass is 423 g/mol. The van der Waals surface area contributed by atoms with Crippen LogP contribution in [0.15, 0.2) is 48.9 Å². The van der Waals surface area contributed by atoms with Crippen molar-refractivity contribution in [2.24, 2.45) is 5.92 Å². The Morgan fingerprint density at radius 1 is 1.19 bits per heavy atom. The molecule has 1 aromatic carbocycles. The molecule has 2 atom stereocenters. The molecule has 0 spiro atoms. The van der Waals surface area contributed by atoms with Crippen molar-refractivity contribution in [2.75, 3.05) is 50.8 Å². The first kappa shape index (κ1) is 21.7. The van der Waals surface area contributed by atoms with Crippen LogP contribution in [0.3, 0.4) is 0 Å². The minimum absolute atomic E-state index is 0.0217. The van der Waals surface area contributed by atoms with E-state index >= 15 is 0 Å². The highest BCUT2D eigenvalue weighted by Crippen LogP contribution is 2.24. The van der Waals surface area contributed by atoms with Gasteiger partial charge in [0.15, 0.2) is 0 Å². The zero-order valence-corrected chi connectivity index (χ0v) is 18.4. The van der Waals surface area contributed by atoms with Gasteiger partial charge < -0.3 is 14.5 Å². The zero-order chi connectivity index (χ0) is 21.5. The summed E-state index contributed by atoms with van der Waals surface area (Å²) < 4.78 is 5.50. The van der Waals surface area contributed by atoms with Crippen molar-refractivity contribution < 1.29 is 9.53 Å². The summed E-state index contributed by atoms with van der Waals surface area (Å²) in [4.78, 5) is 29.1. The van der Waals surface area contributed by atoms with Gasteiger partial charge in [-0.2, -0.15) is 0 Å². The Labute approximate surface area is 185 Å². The third-order valence-corrected chi connectivity index (χ3v) is 6.28. The molecular formula is C24H33N5O2. The van der Waals surface area contributed by atoms with Crippen LogP contribution in [0.2, 0.25) is 0 Å². The molecule has 2 aliphatic heterocycles. The fraction of sp³-hybridized carbons (Fsp3) is 0.542. The van der Waals surface area contributed by atoms with Crippen LogP contribution in [-0.4, -0.2) is 77.7 Å². The highest BCUT2D eigenvalue weighted by molar-refractivity contribution is 5.80. The molecule has 0 bridgehead atoms. The molecule has 7 nitrogen and oxygen atoms in total. The molecule has 1 aromatic heterocycles. The van der Waals surface area contributed by atoms with Gasteiger partial charge in [-0.05, 0) is 25.3 Å². The number of hydrogen-bond acceptors (Lipinski definition) is 6. The van der Waals surface area contributed by atoms with Gasteiger partial charge in [-0.15, -0.1) is 0 Å². The molecule has 31 heavy (non-hydrogen) atoms. The van der Waals surface area contributed by atoms with Crippen LogP contribution in [0.5, 0.6) is 0 Å². The van der Waals surface area contributed by atoms with Gasteiger partial charge in [0.05, 0.1) is 25.3 Å². The maximum Gasteiger partial charge on any atom is 0.228 e. The van der Waals surface area contributed by atoms with Gasteiger partial charge in [-0.3, -0.25) is 14.7 Å². The van der Waals surface area contributed by atoms with E-state index in [-0.39, 0.29) is 17.9 Å². The van der Waals surface area contributed by atoms with E-state index in [0.29, 0.717) is 13.1 Å². The van der Waals surface area contributed by atoms with Crippen LogP contribution in [0.25, 0.3) is 0 Å². The molecule has 3 heterocycles. The number of benzene rings is 1. The summed E-state index contributed by atoms with van der Waals surface area (Å²) in [7, 11) is 0. The molecule has 2 unspecified atom stereocenters. The van der Waals surface area contributed by atoms with Crippen LogP contribution >= 0.6 is 0 Å².